The van der Waals surface area contributed by atoms with Crippen molar-refractivity contribution in [1.29, 1.82) is 0 Å². The number of anilines is 1. The number of aromatic nitrogens is 1. The minimum atomic E-state index is -0.110. The molecule has 0 aliphatic heterocycles. The second-order valence-corrected chi connectivity index (χ2v) is 8.00. The van der Waals surface area contributed by atoms with Crippen molar-refractivity contribution >= 4 is 33.1 Å². The first-order valence-corrected chi connectivity index (χ1v) is 10.4. The predicted octanol–water partition coefficient (Wildman–Crippen LogP) is 5.47. The van der Waals surface area contributed by atoms with E-state index in [2.05, 4.69) is 24.4 Å². The Bertz CT molecular complexity index is 1200. The second kappa shape index (κ2) is 8.55. The van der Waals surface area contributed by atoms with Crippen molar-refractivity contribution in [2.45, 2.75) is 13.3 Å². The van der Waals surface area contributed by atoms with Gasteiger partial charge in [-0.1, -0.05) is 12.1 Å². The molecule has 4 aromatic rings. The molecule has 5 nitrogen and oxygen atoms in total. The molecule has 0 saturated heterocycles. The summed E-state index contributed by atoms with van der Waals surface area (Å²) in [6.07, 6.45) is 0.214. The molecule has 6 heteroatoms. The Kier molecular flexibility index (Phi) is 5.68. The first-order chi connectivity index (χ1) is 14.6. The van der Waals surface area contributed by atoms with Gasteiger partial charge in [0.25, 0.3) is 0 Å². The number of nitrogens with zero attached hydrogens (tertiary/aromatic N) is 1. The van der Waals surface area contributed by atoms with Crippen molar-refractivity contribution in [2.24, 2.45) is 0 Å². The summed E-state index contributed by atoms with van der Waals surface area (Å²) in [7, 11) is 3.18. The first-order valence-electron chi connectivity index (χ1n) is 9.54. The minimum Gasteiger partial charge on any atom is -0.497 e. The van der Waals surface area contributed by atoms with E-state index in [1.54, 1.807) is 31.6 Å². The zero-order valence-electron chi connectivity index (χ0n) is 17.1. The zero-order chi connectivity index (χ0) is 21.1. The van der Waals surface area contributed by atoms with Gasteiger partial charge in [-0.15, -0.1) is 11.3 Å². The molecule has 1 N–H and O–H groups in total. The van der Waals surface area contributed by atoms with Crippen LogP contribution in [0.2, 0.25) is 0 Å². The van der Waals surface area contributed by atoms with Crippen LogP contribution in [-0.2, 0) is 11.2 Å². The topological polar surface area (TPSA) is 60.5 Å². The molecule has 1 aromatic heterocycles. The maximum Gasteiger partial charge on any atom is 0.228 e. The van der Waals surface area contributed by atoms with Crippen LogP contribution in [0.15, 0.2) is 60.7 Å². The third-order valence-electron chi connectivity index (χ3n) is 4.80. The van der Waals surface area contributed by atoms with Crippen molar-refractivity contribution in [2.75, 3.05) is 19.5 Å². The number of amides is 1. The summed E-state index contributed by atoms with van der Waals surface area (Å²) < 4.78 is 11.7. The molecule has 0 fully saturated rings. The van der Waals surface area contributed by atoms with Gasteiger partial charge in [0.2, 0.25) is 5.91 Å². The van der Waals surface area contributed by atoms with Gasteiger partial charge in [0.05, 0.1) is 30.9 Å². The van der Waals surface area contributed by atoms with E-state index >= 15 is 0 Å². The van der Waals surface area contributed by atoms with E-state index in [0.717, 1.165) is 27.3 Å². The molecule has 30 heavy (non-hydrogen) atoms. The fourth-order valence-electron chi connectivity index (χ4n) is 3.23. The number of methoxy groups -OCH3 is 2. The second-order valence-electron chi connectivity index (χ2n) is 6.97. The number of nitrogens with one attached hydrogen (secondary N) is 1. The lowest BCUT2D eigenvalue weighted by molar-refractivity contribution is -0.115. The normalized spacial score (nSPS) is 10.8. The molecule has 0 radical (unpaired) electrons. The van der Waals surface area contributed by atoms with E-state index in [0.29, 0.717) is 11.5 Å². The Morgan fingerprint density at radius 2 is 1.80 bits per heavy atom. The summed E-state index contributed by atoms with van der Waals surface area (Å²) in [6, 6.07) is 19.5. The standard InChI is InChI=1S/C24H22N2O3S/c1-15-4-11-20-22(12-15)30-24(26-20)16-5-8-18(9-6-16)25-23(27)13-17-7-10-19(28-2)14-21(17)29-3/h4-12,14H,13H2,1-3H3,(H,25,27). The number of carbonyl (C=O) groups excluding carboxylic acids is 1. The summed E-state index contributed by atoms with van der Waals surface area (Å²) >= 11 is 1.67. The molecule has 3 aromatic carbocycles. The van der Waals surface area contributed by atoms with Gasteiger partial charge in [-0.05, 0) is 55.0 Å². The highest BCUT2D eigenvalue weighted by molar-refractivity contribution is 7.21. The third kappa shape index (κ3) is 4.28. The van der Waals surface area contributed by atoms with Crippen molar-refractivity contribution in [3.05, 3.63) is 71.8 Å². The van der Waals surface area contributed by atoms with Crippen LogP contribution < -0.4 is 14.8 Å². The molecule has 0 bridgehead atoms. The SMILES string of the molecule is COc1ccc(CC(=O)Nc2ccc(-c3nc4ccc(C)cc4s3)cc2)c(OC)c1. The smallest absolute Gasteiger partial charge is 0.228 e. The van der Waals surface area contributed by atoms with Crippen LogP contribution in [-0.4, -0.2) is 25.1 Å². The number of thiazole rings is 1. The molecule has 0 aliphatic rings. The summed E-state index contributed by atoms with van der Waals surface area (Å²) in [5, 5.41) is 3.91. The molecule has 0 spiro atoms. The third-order valence-corrected chi connectivity index (χ3v) is 5.87. The number of hydrogen-bond acceptors (Lipinski definition) is 5. The minimum absolute atomic E-state index is 0.110. The largest absolute Gasteiger partial charge is 0.497 e. The summed E-state index contributed by atoms with van der Waals surface area (Å²) in [5.41, 5.74) is 4.81. The number of benzene rings is 3. The molecular formula is C24H22N2O3S. The number of ether oxygens (including phenoxy) is 2. The van der Waals surface area contributed by atoms with Crippen molar-refractivity contribution in [3.63, 3.8) is 0 Å². The van der Waals surface area contributed by atoms with Gasteiger partial charge in [0.1, 0.15) is 16.5 Å². The van der Waals surface area contributed by atoms with Gasteiger partial charge in [0.15, 0.2) is 0 Å². The lowest BCUT2D eigenvalue weighted by Gasteiger charge is -2.11. The van der Waals surface area contributed by atoms with Gasteiger partial charge < -0.3 is 14.8 Å². The van der Waals surface area contributed by atoms with Gasteiger partial charge in [-0.3, -0.25) is 4.79 Å². The number of hydrogen-bond donors (Lipinski definition) is 1. The van der Waals surface area contributed by atoms with Crippen LogP contribution in [0, 0.1) is 6.92 Å². The number of carbonyl (C=O) groups is 1. The lowest BCUT2D eigenvalue weighted by atomic mass is 10.1. The highest BCUT2D eigenvalue weighted by Gasteiger charge is 2.11. The average molecular weight is 419 g/mol. The number of rotatable bonds is 6. The fraction of sp³-hybridized carbons (Fsp3) is 0.167. The summed E-state index contributed by atoms with van der Waals surface area (Å²) in [5.74, 6) is 1.21. The van der Waals surface area contributed by atoms with E-state index in [9.17, 15) is 4.79 Å². The van der Waals surface area contributed by atoms with E-state index < -0.39 is 0 Å². The number of aryl methyl sites for hydroxylation is 1. The highest BCUT2D eigenvalue weighted by Crippen LogP contribution is 2.31. The van der Waals surface area contributed by atoms with Gasteiger partial charge in [-0.25, -0.2) is 4.98 Å². The maximum absolute atomic E-state index is 12.5. The Morgan fingerprint density at radius 1 is 1.00 bits per heavy atom. The molecule has 152 valence electrons. The summed E-state index contributed by atoms with van der Waals surface area (Å²) in [6.45, 7) is 2.08. The monoisotopic (exact) mass is 418 g/mol. The fourth-order valence-corrected chi connectivity index (χ4v) is 4.30. The highest BCUT2D eigenvalue weighted by atomic mass is 32.1. The van der Waals surface area contributed by atoms with Crippen LogP contribution in [0.1, 0.15) is 11.1 Å². The van der Waals surface area contributed by atoms with E-state index in [1.807, 2.05) is 42.5 Å². The molecular weight excluding hydrogens is 396 g/mol. The van der Waals surface area contributed by atoms with Gasteiger partial charge >= 0.3 is 0 Å². The lowest BCUT2D eigenvalue weighted by Crippen LogP contribution is -2.14. The van der Waals surface area contributed by atoms with Crippen molar-refractivity contribution in [1.82, 2.24) is 4.98 Å². The summed E-state index contributed by atoms with van der Waals surface area (Å²) in [4.78, 5) is 17.2. The molecule has 4 rings (SSSR count). The van der Waals surface area contributed by atoms with Crippen LogP contribution >= 0.6 is 11.3 Å². The quantitative estimate of drug-likeness (QED) is 0.451. The Morgan fingerprint density at radius 3 is 2.53 bits per heavy atom. The number of fused-ring (bicyclic) bond motifs is 1. The molecule has 1 amide bonds. The molecule has 0 saturated carbocycles. The van der Waals surface area contributed by atoms with E-state index in [-0.39, 0.29) is 12.3 Å². The van der Waals surface area contributed by atoms with E-state index in [1.165, 1.54) is 10.3 Å². The van der Waals surface area contributed by atoms with Crippen molar-refractivity contribution in [3.8, 4) is 22.1 Å². The van der Waals surface area contributed by atoms with Gasteiger partial charge in [0, 0.05) is 22.9 Å². The first kappa shape index (κ1) is 19.9. The molecule has 0 aliphatic carbocycles. The Labute approximate surface area is 179 Å². The van der Waals surface area contributed by atoms with Gasteiger partial charge in [-0.2, -0.15) is 0 Å². The predicted molar refractivity (Wildman–Crippen MR) is 122 cm³/mol. The van der Waals surface area contributed by atoms with Crippen LogP contribution in [0.3, 0.4) is 0 Å². The molecule has 0 unspecified atom stereocenters. The van der Waals surface area contributed by atoms with Crippen LogP contribution in [0.25, 0.3) is 20.8 Å². The Hall–Kier alpha value is -3.38. The molecule has 0 atom stereocenters. The van der Waals surface area contributed by atoms with Crippen LogP contribution in [0.4, 0.5) is 5.69 Å². The van der Waals surface area contributed by atoms with Crippen molar-refractivity contribution < 1.29 is 14.3 Å². The average Bonchev–Trinajstić information content (AvgIpc) is 3.17. The zero-order valence-corrected chi connectivity index (χ0v) is 17.9. The van der Waals surface area contributed by atoms with Crippen LogP contribution in [0.5, 0.6) is 11.5 Å². The maximum atomic E-state index is 12.5. The Balaban J connectivity index is 1.46. The molecule has 1 heterocycles. The van der Waals surface area contributed by atoms with E-state index in [4.69, 9.17) is 14.5 Å².